The van der Waals surface area contributed by atoms with Crippen molar-refractivity contribution >= 4 is 39.8 Å². The van der Waals surface area contributed by atoms with E-state index in [0.717, 1.165) is 20.9 Å². The molecule has 0 aliphatic carbocycles. The van der Waals surface area contributed by atoms with Gasteiger partial charge in [-0.25, -0.2) is 4.98 Å². The van der Waals surface area contributed by atoms with Crippen LogP contribution in [0.1, 0.15) is 37.7 Å². The van der Waals surface area contributed by atoms with E-state index in [9.17, 15) is 4.79 Å². The lowest BCUT2D eigenvalue weighted by molar-refractivity contribution is -0.138. The first-order valence-corrected chi connectivity index (χ1v) is 8.05. The van der Waals surface area contributed by atoms with E-state index in [-0.39, 0.29) is 18.0 Å². The number of amides is 1. The first kappa shape index (κ1) is 14.2. The Hall–Kier alpha value is -0.210. The van der Waals surface area contributed by atoms with Crippen molar-refractivity contribution < 1.29 is 4.79 Å². The molecule has 2 rings (SSSR count). The van der Waals surface area contributed by atoms with Crippen molar-refractivity contribution in [1.82, 2.24) is 9.88 Å². The largest absolute Gasteiger partial charge is 0.331 e. The van der Waals surface area contributed by atoms with Gasteiger partial charge >= 0.3 is 0 Å². The molecular formula is C12H18IN3OS. The second-order valence-corrected chi connectivity index (χ2v) is 8.05. The third-order valence-electron chi connectivity index (χ3n) is 3.06. The molecule has 18 heavy (non-hydrogen) atoms. The second-order valence-electron chi connectivity index (χ2n) is 5.09. The molecule has 2 heterocycles. The van der Waals surface area contributed by atoms with Gasteiger partial charge in [0.05, 0.1) is 15.1 Å². The summed E-state index contributed by atoms with van der Waals surface area (Å²) in [5.41, 5.74) is 6.22. The van der Waals surface area contributed by atoms with E-state index in [2.05, 4.69) is 41.4 Å². The molecular weight excluding hydrogens is 361 g/mol. The predicted molar refractivity (Wildman–Crippen MR) is 81.3 cm³/mol. The Morgan fingerprint density at radius 3 is 2.94 bits per heavy atom. The van der Waals surface area contributed by atoms with Gasteiger partial charge in [0, 0.05) is 19.0 Å². The molecule has 4 nitrogen and oxygen atoms in total. The number of carbonyl (C=O) groups excluding carboxylic acids is 1. The molecule has 1 aromatic rings. The maximum atomic E-state index is 12.1. The number of nitrogens with two attached hydrogens (primary N) is 1. The Bertz CT molecular complexity index is 435. The molecule has 0 spiro atoms. The zero-order valence-corrected chi connectivity index (χ0v) is 13.6. The number of likely N-dealkylation sites (tertiary alicyclic amines) is 1. The minimum Gasteiger partial charge on any atom is -0.331 e. The Labute approximate surface area is 125 Å². The van der Waals surface area contributed by atoms with E-state index in [1.54, 1.807) is 11.3 Å². The van der Waals surface area contributed by atoms with Crippen LogP contribution in [0.25, 0.3) is 0 Å². The zero-order chi connectivity index (χ0) is 13.3. The summed E-state index contributed by atoms with van der Waals surface area (Å²) in [7, 11) is 0. The van der Waals surface area contributed by atoms with Crippen molar-refractivity contribution in [3.8, 4) is 0 Å². The van der Waals surface area contributed by atoms with Crippen LogP contribution in [0.4, 0.5) is 0 Å². The monoisotopic (exact) mass is 379 g/mol. The van der Waals surface area contributed by atoms with Crippen molar-refractivity contribution in [1.29, 1.82) is 0 Å². The maximum absolute atomic E-state index is 12.1. The molecule has 2 N–H and O–H groups in total. The molecule has 1 saturated heterocycles. The fraction of sp³-hybridized carbons (Fsp3) is 0.667. The van der Waals surface area contributed by atoms with Crippen LogP contribution in [0, 0.1) is 8.80 Å². The van der Waals surface area contributed by atoms with Crippen LogP contribution < -0.4 is 5.73 Å². The van der Waals surface area contributed by atoms with E-state index in [0.29, 0.717) is 12.3 Å². The van der Waals surface area contributed by atoms with Gasteiger partial charge in [0.15, 0.2) is 0 Å². The summed E-state index contributed by atoms with van der Waals surface area (Å²) >= 11 is 3.89. The van der Waals surface area contributed by atoms with Crippen molar-refractivity contribution in [3.63, 3.8) is 0 Å². The molecule has 6 heteroatoms. The number of rotatable bonds is 3. The van der Waals surface area contributed by atoms with Crippen molar-refractivity contribution in [2.75, 3.05) is 6.54 Å². The molecule has 1 aliphatic rings. The number of halogens is 1. The minimum absolute atomic E-state index is 0.00315. The normalized spacial score (nSPS) is 24.9. The maximum Gasteiger partial charge on any atom is 0.223 e. The summed E-state index contributed by atoms with van der Waals surface area (Å²) in [6, 6.07) is -0.0365. The van der Waals surface area contributed by atoms with Gasteiger partial charge in [-0.05, 0) is 34.9 Å². The van der Waals surface area contributed by atoms with Crippen LogP contribution >= 0.6 is 33.9 Å². The number of hydrogen-bond acceptors (Lipinski definition) is 4. The van der Waals surface area contributed by atoms with Crippen LogP contribution in [-0.4, -0.2) is 28.4 Å². The Kier molecular flexibility index (Phi) is 4.60. The highest BCUT2D eigenvalue weighted by Gasteiger charge is 2.36. The smallest absolute Gasteiger partial charge is 0.223 e. The molecule has 2 unspecified atom stereocenters. The average molecular weight is 379 g/mol. The number of carbonyl (C=O) groups is 1. The Balaban J connectivity index is 2.28. The van der Waals surface area contributed by atoms with Gasteiger partial charge in [0.25, 0.3) is 0 Å². The summed E-state index contributed by atoms with van der Waals surface area (Å²) in [6.07, 6.45) is 3.17. The summed E-state index contributed by atoms with van der Waals surface area (Å²) in [5, 5.41) is 0.973. The average Bonchev–Trinajstić information content (AvgIpc) is 2.70. The van der Waals surface area contributed by atoms with E-state index in [1.807, 2.05) is 11.1 Å². The van der Waals surface area contributed by atoms with E-state index >= 15 is 0 Å². The fourth-order valence-corrected chi connectivity index (χ4v) is 3.96. The summed E-state index contributed by atoms with van der Waals surface area (Å²) in [4.78, 5) is 18.5. The number of thiazole rings is 1. The van der Waals surface area contributed by atoms with Gasteiger partial charge in [-0.1, -0.05) is 13.8 Å². The zero-order valence-electron chi connectivity index (χ0n) is 10.6. The number of aromatic nitrogens is 1. The summed E-state index contributed by atoms with van der Waals surface area (Å²) in [6.45, 7) is 5.00. The van der Waals surface area contributed by atoms with Gasteiger partial charge in [-0.2, -0.15) is 0 Å². The highest BCUT2D eigenvalue weighted by atomic mass is 127. The molecule has 1 amide bonds. The van der Waals surface area contributed by atoms with Gasteiger partial charge in [-0.3, -0.25) is 4.79 Å². The van der Waals surface area contributed by atoms with Crippen LogP contribution in [0.3, 0.4) is 0 Å². The summed E-state index contributed by atoms with van der Waals surface area (Å²) < 4.78 is 1.14. The molecule has 1 aliphatic heterocycles. The topological polar surface area (TPSA) is 59.2 Å². The first-order valence-electron chi connectivity index (χ1n) is 6.15. The highest BCUT2D eigenvalue weighted by Crippen LogP contribution is 2.34. The SMILES string of the molecule is CC(C)CN1C(=O)CCC(N)C1c1ncc(I)s1. The molecule has 1 aromatic heterocycles. The molecule has 1 fully saturated rings. The lowest BCUT2D eigenvalue weighted by atomic mass is 9.95. The van der Waals surface area contributed by atoms with Crippen LogP contribution in [-0.2, 0) is 4.79 Å². The Morgan fingerprint density at radius 1 is 1.67 bits per heavy atom. The quantitative estimate of drug-likeness (QED) is 0.821. The number of piperidine rings is 1. The lowest BCUT2D eigenvalue weighted by Crippen LogP contribution is -2.49. The third-order valence-corrected chi connectivity index (χ3v) is 4.86. The second kappa shape index (κ2) is 5.83. The van der Waals surface area contributed by atoms with Gasteiger partial charge in [-0.15, -0.1) is 11.3 Å². The van der Waals surface area contributed by atoms with E-state index in [1.165, 1.54) is 0 Å². The molecule has 100 valence electrons. The third kappa shape index (κ3) is 3.03. The van der Waals surface area contributed by atoms with Gasteiger partial charge < -0.3 is 10.6 Å². The van der Waals surface area contributed by atoms with Crippen LogP contribution in [0.5, 0.6) is 0 Å². The number of nitrogens with zero attached hydrogens (tertiary/aromatic N) is 2. The molecule has 0 aromatic carbocycles. The van der Waals surface area contributed by atoms with Gasteiger partial charge in [0.1, 0.15) is 5.01 Å². The molecule has 0 saturated carbocycles. The van der Waals surface area contributed by atoms with Crippen molar-refractivity contribution in [2.24, 2.45) is 11.7 Å². The van der Waals surface area contributed by atoms with E-state index < -0.39 is 0 Å². The van der Waals surface area contributed by atoms with Crippen molar-refractivity contribution in [3.05, 3.63) is 14.1 Å². The molecule has 2 atom stereocenters. The summed E-state index contributed by atoms with van der Waals surface area (Å²) in [5.74, 6) is 0.654. The van der Waals surface area contributed by atoms with Gasteiger partial charge in [0.2, 0.25) is 5.91 Å². The Morgan fingerprint density at radius 2 is 2.39 bits per heavy atom. The van der Waals surface area contributed by atoms with E-state index in [4.69, 9.17) is 5.73 Å². The first-order chi connectivity index (χ1) is 8.49. The fourth-order valence-electron chi connectivity index (χ4n) is 2.31. The number of hydrogen-bond donors (Lipinski definition) is 1. The van der Waals surface area contributed by atoms with Crippen LogP contribution in [0.2, 0.25) is 0 Å². The minimum atomic E-state index is -0.0397. The standard InChI is InChI=1S/C12H18IN3OS/c1-7(2)6-16-10(17)4-3-8(14)11(16)12-15-5-9(13)18-12/h5,7-8,11H,3-4,6,14H2,1-2H3. The lowest BCUT2D eigenvalue weighted by Gasteiger charge is -2.39. The van der Waals surface area contributed by atoms with Crippen molar-refractivity contribution in [2.45, 2.75) is 38.8 Å². The highest BCUT2D eigenvalue weighted by molar-refractivity contribution is 14.1. The molecule has 0 bridgehead atoms. The predicted octanol–water partition coefficient (Wildman–Crippen LogP) is 2.39. The molecule has 0 radical (unpaired) electrons. The van der Waals surface area contributed by atoms with Crippen LogP contribution in [0.15, 0.2) is 6.20 Å².